The molecule has 3 aliphatic heterocycles. The predicted molar refractivity (Wildman–Crippen MR) is 114 cm³/mol. The van der Waals surface area contributed by atoms with Crippen LogP contribution in [0, 0.1) is 5.92 Å². The lowest BCUT2D eigenvalue weighted by atomic mass is 9.65. The first kappa shape index (κ1) is 17.6. The van der Waals surface area contributed by atoms with Crippen molar-refractivity contribution in [3.63, 3.8) is 0 Å². The van der Waals surface area contributed by atoms with Gasteiger partial charge in [-0.25, -0.2) is 0 Å². The Morgan fingerprint density at radius 1 is 0.786 bits per heavy atom. The average Bonchev–Trinajstić information content (AvgIpc) is 2.80. The monoisotopic (exact) mass is 368 g/mol. The summed E-state index contributed by atoms with van der Waals surface area (Å²) in [6.45, 7) is 2.52. The molecule has 2 nitrogen and oxygen atoms in total. The van der Waals surface area contributed by atoms with E-state index in [1.54, 1.807) is 0 Å². The van der Waals surface area contributed by atoms with Gasteiger partial charge in [0.25, 0.3) is 0 Å². The van der Waals surface area contributed by atoms with Crippen LogP contribution in [0.5, 0.6) is 0 Å². The van der Waals surface area contributed by atoms with E-state index in [1.807, 2.05) is 12.3 Å². The van der Waals surface area contributed by atoms with Gasteiger partial charge in [0.15, 0.2) is 0 Å². The van der Waals surface area contributed by atoms with Crippen LogP contribution < -0.4 is 0 Å². The van der Waals surface area contributed by atoms with Crippen molar-refractivity contribution in [3.05, 3.63) is 102 Å². The summed E-state index contributed by atoms with van der Waals surface area (Å²) < 4.78 is 0. The predicted octanol–water partition coefficient (Wildman–Crippen LogP) is 5.29. The lowest BCUT2D eigenvalue weighted by Crippen LogP contribution is -2.51. The fourth-order valence-electron chi connectivity index (χ4n) is 5.52. The highest BCUT2D eigenvalue weighted by Gasteiger charge is 2.43. The molecular weight excluding hydrogens is 340 g/mol. The summed E-state index contributed by atoms with van der Waals surface area (Å²) in [4.78, 5) is 7.65. The Balaban J connectivity index is 1.68. The van der Waals surface area contributed by atoms with Gasteiger partial charge in [-0.2, -0.15) is 0 Å². The van der Waals surface area contributed by atoms with Crippen LogP contribution >= 0.6 is 0 Å². The van der Waals surface area contributed by atoms with E-state index in [2.05, 4.69) is 77.7 Å². The quantitative estimate of drug-likeness (QED) is 0.608. The number of hydrogen-bond donors (Lipinski definition) is 0. The van der Waals surface area contributed by atoms with Gasteiger partial charge in [-0.3, -0.25) is 4.98 Å². The summed E-state index contributed by atoms with van der Waals surface area (Å²) in [5.74, 6) is 0.906. The zero-order valence-corrected chi connectivity index (χ0v) is 16.4. The molecule has 0 radical (unpaired) electrons. The van der Waals surface area contributed by atoms with Gasteiger partial charge in [-0.15, -0.1) is 0 Å². The number of benzene rings is 2. The Kier molecular flexibility index (Phi) is 4.74. The molecule has 6 rings (SSSR count). The molecule has 3 fully saturated rings. The molecule has 0 saturated carbocycles. The molecule has 2 aromatic carbocycles. The Bertz CT molecular complexity index is 787. The van der Waals surface area contributed by atoms with Crippen molar-refractivity contribution >= 4 is 0 Å². The van der Waals surface area contributed by atoms with Crippen molar-refractivity contribution in [2.24, 2.45) is 5.92 Å². The Morgan fingerprint density at radius 2 is 1.39 bits per heavy atom. The highest BCUT2D eigenvalue weighted by atomic mass is 15.2. The maximum Gasteiger partial charge on any atom is 0.0638 e. The smallest absolute Gasteiger partial charge is 0.0638 e. The summed E-state index contributed by atoms with van der Waals surface area (Å²) >= 11 is 0. The molecule has 0 aliphatic carbocycles. The second kappa shape index (κ2) is 7.52. The van der Waals surface area contributed by atoms with Crippen LogP contribution in [0.3, 0.4) is 0 Å². The highest BCUT2D eigenvalue weighted by molar-refractivity contribution is 5.48. The van der Waals surface area contributed by atoms with Gasteiger partial charge >= 0.3 is 0 Å². The molecular formula is C26H28N2. The van der Waals surface area contributed by atoms with Gasteiger partial charge in [0.1, 0.15) is 0 Å². The molecule has 3 saturated heterocycles. The van der Waals surface area contributed by atoms with Crippen LogP contribution in [0.15, 0.2) is 85.1 Å². The van der Waals surface area contributed by atoms with Crippen LogP contribution in [0.4, 0.5) is 0 Å². The van der Waals surface area contributed by atoms with Crippen molar-refractivity contribution in [3.8, 4) is 0 Å². The van der Waals surface area contributed by atoms with Crippen molar-refractivity contribution in [2.45, 2.75) is 37.1 Å². The minimum atomic E-state index is -0.216. The van der Waals surface area contributed by atoms with E-state index in [9.17, 15) is 0 Å². The SMILES string of the molecule is c1ccc(C(CC2CC3CCN2CC3)(c2ccccc2)c2ccccn2)cc1. The van der Waals surface area contributed by atoms with Gasteiger partial charge in [-0.05, 0) is 68.0 Å². The number of fused-ring (bicyclic) bond motifs is 3. The molecule has 0 amide bonds. The molecule has 3 aliphatic rings. The first-order valence-electron chi connectivity index (χ1n) is 10.6. The standard InChI is InChI=1S/C26H28N2/c1-3-9-22(10-4-1)26(23-11-5-2-6-12-23,25-13-7-8-16-27-25)20-24-19-21-14-17-28(24)18-15-21/h1-13,16,21,24H,14-15,17-20H2. The van der Waals surface area contributed by atoms with Crippen LogP contribution in [-0.2, 0) is 5.41 Å². The lowest BCUT2D eigenvalue weighted by molar-refractivity contribution is 0.0380. The molecule has 4 heterocycles. The van der Waals surface area contributed by atoms with E-state index < -0.39 is 0 Å². The van der Waals surface area contributed by atoms with E-state index in [4.69, 9.17) is 4.98 Å². The van der Waals surface area contributed by atoms with Crippen molar-refractivity contribution < 1.29 is 0 Å². The molecule has 3 aromatic rings. The first-order chi connectivity index (χ1) is 13.9. The average molecular weight is 369 g/mol. The van der Waals surface area contributed by atoms with Crippen molar-refractivity contribution in [2.75, 3.05) is 13.1 Å². The summed E-state index contributed by atoms with van der Waals surface area (Å²) in [5, 5.41) is 0. The Labute approximate surface area is 168 Å². The number of hydrogen-bond acceptors (Lipinski definition) is 2. The minimum absolute atomic E-state index is 0.216. The maximum absolute atomic E-state index is 4.91. The van der Waals surface area contributed by atoms with Gasteiger partial charge in [-0.1, -0.05) is 66.7 Å². The van der Waals surface area contributed by atoms with Gasteiger partial charge in [0, 0.05) is 12.2 Å². The summed E-state index contributed by atoms with van der Waals surface area (Å²) in [6, 6.07) is 29.1. The summed E-state index contributed by atoms with van der Waals surface area (Å²) in [5.41, 5.74) is 3.64. The molecule has 0 N–H and O–H groups in total. The van der Waals surface area contributed by atoms with E-state index in [0.717, 1.165) is 18.0 Å². The van der Waals surface area contributed by atoms with Gasteiger partial charge < -0.3 is 4.90 Å². The molecule has 2 heteroatoms. The number of nitrogens with zero attached hydrogens (tertiary/aromatic N) is 2. The third kappa shape index (κ3) is 3.06. The summed E-state index contributed by atoms with van der Waals surface area (Å²) in [6.07, 6.45) is 7.12. The van der Waals surface area contributed by atoms with Crippen LogP contribution in [-0.4, -0.2) is 29.0 Å². The minimum Gasteiger partial charge on any atom is -0.300 e. The zero-order chi connectivity index (χ0) is 18.8. The van der Waals surface area contributed by atoms with Crippen LogP contribution in [0.1, 0.15) is 42.5 Å². The molecule has 0 spiro atoms. The van der Waals surface area contributed by atoms with E-state index >= 15 is 0 Å². The molecule has 28 heavy (non-hydrogen) atoms. The highest BCUT2D eigenvalue weighted by Crippen LogP contribution is 2.46. The Morgan fingerprint density at radius 3 is 1.89 bits per heavy atom. The Hall–Kier alpha value is -2.45. The second-order valence-electron chi connectivity index (χ2n) is 8.43. The fourth-order valence-corrected chi connectivity index (χ4v) is 5.52. The van der Waals surface area contributed by atoms with Gasteiger partial charge in [0.2, 0.25) is 0 Å². The number of piperidine rings is 3. The third-order valence-electron chi connectivity index (χ3n) is 6.95. The number of aromatic nitrogens is 1. The van der Waals surface area contributed by atoms with E-state index in [-0.39, 0.29) is 5.41 Å². The van der Waals surface area contributed by atoms with Crippen molar-refractivity contribution in [1.82, 2.24) is 9.88 Å². The normalized spacial score (nSPS) is 24.2. The molecule has 1 aromatic heterocycles. The van der Waals surface area contributed by atoms with E-state index in [1.165, 1.54) is 43.5 Å². The molecule has 1 unspecified atom stereocenters. The van der Waals surface area contributed by atoms with E-state index in [0.29, 0.717) is 6.04 Å². The van der Waals surface area contributed by atoms with Crippen molar-refractivity contribution in [1.29, 1.82) is 0 Å². The van der Waals surface area contributed by atoms with Crippen LogP contribution in [0.2, 0.25) is 0 Å². The lowest BCUT2D eigenvalue weighted by Gasteiger charge is -2.49. The first-order valence-corrected chi connectivity index (χ1v) is 10.6. The molecule has 1 atom stereocenters. The maximum atomic E-state index is 4.91. The topological polar surface area (TPSA) is 16.1 Å². The second-order valence-corrected chi connectivity index (χ2v) is 8.43. The largest absolute Gasteiger partial charge is 0.300 e. The van der Waals surface area contributed by atoms with Crippen LogP contribution in [0.25, 0.3) is 0 Å². The molecule has 142 valence electrons. The number of pyridine rings is 1. The summed E-state index contributed by atoms with van der Waals surface area (Å²) in [7, 11) is 0. The van der Waals surface area contributed by atoms with Gasteiger partial charge in [0.05, 0.1) is 11.1 Å². The third-order valence-corrected chi connectivity index (χ3v) is 6.95. The number of rotatable bonds is 5. The zero-order valence-electron chi connectivity index (χ0n) is 16.4. The molecule has 2 bridgehead atoms. The fraction of sp³-hybridized carbons (Fsp3) is 0.346.